The first-order valence-corrected chi connectivity index (χ1v) is 6.70. The zero-order chi connectivity index (χ0) is 13.2. The Morgan fingerprint density at radius 1 is 1.44 bits per heavy atom. The highest BCUT2D eigenvalue weighted by Gasteiger charge is 2.43. The molecule has 0 bridgehead atoms. The summed E-state index contributed by atoms with van der Waals surface area (Å²) in [6, 6.07) is 6.04. The summed E-state index contributed by atoms with van der Waals surface area (Å²) in [5, 5.41) is 9.64. The minimum absolute atomic E-state index is 0.139. The molecule has 2 rings (SSSR count). The molecule has 1 atom stereocenters. The van der Waals surface area contributed by atoms with Gasteiger partial charge in [-0.3, -0.25) is 0 Å². The Kier molecular flexibility index (Phi) is 3.93. The average Bonchev–Trinajstić information content (AvgIpc) is 2.37. The van der Waals surface area contributed by atoms with Gasteiger partial charge in [0.25, 0.3) is 0 Å². The Labute approximate surface area is 109 Å². The molecule has 1 aromatic carbocycles. The van der Waals surface area contributed by atoms with Crippen LogP contribution in [0, 0.1) is 5.41 Å². The number of benzene rings is 1. The van der Waals surface area contributed by atoms with Crippen molar-refractivity contribution in [3.63, 3.8) is 0 Å². The summed E-state index contributed by atoms with van der Waals surface area (Å²) in [5.41, 5.74) is 8.56. The molecule has 0 aliphatic heterocycles. The molecule has 0 saturated heterocycles. The maximum absolute atomic E-state index is 9.64. The van der Waals surface area contributed by atoms with Crippen LogP contribution in [0.1, 0.15) is 43.4 Å². The van der Waals surface area contributed by atoms with Gasteiger partial charge in [0, 0.05) is 17.0 Å². The van der Waals surface area contributed by atoms with Gasteiger partial charge in [-0.15, -0.1) is 0 Å². The highest BCUT2D eigenvalue weighted by atomic mass is 16.5. The van der Waals surface area contributed by atoms with Gasteiger partial charge in [0.2, 0.25) is 0 Å². The summed E-state index contributed by atoms with van der Waals surface area (Å²) in [4.78, 5) is 0. The van der Waals surface area contributed by atoms with Gasteiger partial charge in [-0.25, -0.2) is 0 Å². The quantitative estimate of drug-likeness (QED) is 0.842. The third-order valence-corrected chi connectivity index (χ3v) is 4.36. The first kappa shape index (κ1) is 13.4. The summed E-state index contributed by atoms with van der Waals surface area (Å²) in [6.45, 7) is 2.29. The second kappa shape index (κ2) is 5.29. The van der Waals surface area contributed by atoms with Gasteiger partial charge in [-0.05, 0) is 30.9 Å². The molecule has 100 valence electrons. The third kappa shape index (κ3) is 2.13. The lowest BCUT2D eigenvalue weighted by Crippen LogP contribution is -2.43. The van der Waals surface area contributed by atoms with Crippen LogP contribution in [0.15, 0.2) is 18.2 Å². The minimum atomic E-state index is -0.141. The van der Waals surface area contributed by atoms with E-state index in [0.29, 0.717) is 0 Å². The summed E-state index contributed by atoms with van der Waals surface area (Å²) in [7, 11) is 1.67. The fourth-order valence-electron chi connectivity index (χ4n) is 2.78. The van der Waals surface area contributed by atoms with E-state index in [0.717, 1.165) is 37.0 Å². The molecule has 1 saturated carbocycles. The van der Waals surface area contributed by atoms with Gasteiger partial charge in [-0.2, -0.15) is 0 Å². The Balaban J connectivity index is 2.35. The van der Waals surface area contributed by atoms with E-state index in [1.54, 1.807) is 7.11 Å². The molecule has 0 radical (unpaired) electrons. The molecule has 0 amide bonds. The van der Waals surface area contributed by atoms with E-state index in [4.69, 9.17) is 10.5 Å². The van der Waals surface area contributed by atoms with Crippen molar-refractivity contribution >= 4 is 0 Å². The Morgan fingerprint density at radius 3 is 2.61 bits per heavy atom. The van der Waals surface area contributed by atoms with Crippen LogP contribution in [0.3, 0.4) is 0 Å². The van der Waals surface area contributed by atoms with Crippen LogP contribution in [-0.4, -0.2) is 18.8 Å². The standard InChI is InChI=1S/C15H23NO2/c1-3-11-5-6-13(18-2)12(9-11)14(16)15(10-17)7-4-8-15/h5-6,9,14,17H,3-4,7-8,10,16H2,1-2H3. The average molecular weight is 249 g/mol. The molecule has 0 heterocycles. The predicted molar refractivity (Wildman–Crippen MR) is 72.7 cm³/mol. The zero-order valence-electron chi connectivity index (χ0n) is 11.3. The van der Waals surface area contributed by atoms with Gasteiger partial charge in [0.1, 0.15) is 5.75 Å². The summed E-state index contributed by atoms with van der Waals surface area (Å²) in [6.07, 6.45) is 4.15. The smallest absolute Gasteiger partial charge is 0.123 e. The fraction of sp³-hybridized carbons (Fsp3) is 0.600. The predicted octanol–water partition coefficient (Wildman–Crippen LogP) is 2.42. The normalized spacial score (nSPS) is 19.1. The topological polar surface area (TPSA) is 55.5 Å². The van der Waals surface area contributed by atoms with Crippen molar-refractivity contribution in [1.29, 1.82) is 0 Å². The Bertz CT molecular complexity index is 407. The van der Waals surface area contributed by atoms with E-state index >= 15 is 0 Å². The van der Waals surface area contributed by atoms with Crippen LogP contribution in [0.4, 0.5) is 0 Å². The molecule has 18 heavy (non-hydrogen) atoms. The highest BCUT2D eigenvalue weighted by molar-refractivity contribution is 5.40. The first-order chi connectivity index (χ1) is 8.66. The van der Waals surface area contributed by atoms with Gasteiger partial charge in [-0.1, -0.05) is 25.5 Å². The number of hydrogen-bond acceptors (Lipinski definition) is 3. The molecule has 1 aliphatic carbocycles. The number of ether oxygens (including phenoxy) is 1. The van der Waals surface area contributed by atoms with Crippen LogP contribution >= 0.6 is 0 Å². The number of hydrogen-bond donors (Lipinski definition) is 2. The van der Waals surface area contributed by atoms with Crippen LogP contribution in [-0.2, 0) is 6.42 Å². The number of aryl methyl sites for hydroxylation is 1. The van der Waals surface area contributed by atoms with E-state index in [1.807, 2.05) is 6.07 Å². The van der Waals surface area contributed by atoms with E-state index in [2.05, 4.69) is 19.1 Å². The van der Waals surface area contributed by atoms with Crippen molar-refractivity contribution in [2.75, 3.05) is 13.7 Å². The number of nitrogens with two attached hydrogens (primary N) is 1. The second-order valence-corrected chi connectivity index (χ2v) is 5.28. The number of rotatable bonds is 5. The number of aliphatic hydroxyl groups is 1. The molecular weight excluding hydrogens is 226 g/mol. The largest absolute Gasteiger partial charge is 0.496 e. The third-order valence-electron chi connectivity index (χ3n) is 4.36. The van der Waals surface area contributed by atoms with Gasteiger partial charge in [0.15, 0.2) is 0 Å². The molecule has 1 unspecified atom stereocenters. The monoisotopic (exact) mass is 249 g/mol. The Hall–Kier alpha value is -1.06. The number of methoxy groups -OCH3 is 1. The van der Waals surface area contributed by atoms with E-state index < -0.39 is 0 Å². The maximum Gasteiger partial charge on any atom is 0.123 e. The number of aliphatic hydroxyl groups excluding tert-OH is 1. The molecule has 0 aromatic heterocycles. The lowest BCUT2D eigenvalue weighted by molar-refractivity contribution is 0.0177. The van der Waals surface area contributed by atoms with Crippen molar-refractivity contribution in [2.24, 2.45) is 11.1 Å². The second-order valence-electron chi connectivity index (χ2n) is 5.28. The van der Waals surface area contributed by atoms with Crippen molar-refractivity contribution < 1.29 is 9.84 Å². The van der Waals surface area contributed by atoms with Crippen LogP contribution in [0.5, 0.6) is 5.75 Å². The molecule has 1 aliphatic rings. The SMILES string of the molecule is CCc1ccc(OC)c(C(N)C2(CO)CCC2)c1. The lowest BCUT2D eigenvalue weighted by Gasteiger charge is -2.45. The van der Waals surface area contributed by atoms with E-state index in [1.165, 1.54) is 5.56 Å². The fourth-order valence-corrected chi connectivity index (χ4v) is 2.78. The van der Waals surface area contributed by atoms with E-state index in [9.17, 15) is 5.11 Å². The van der Waals surface area contributed by atoms with Gasteiger partial charge >= 0.3 is 0 Å². The molecule has 3 nitrogen and oxygen atoms in total. The first-order valence-electron chi connectivity index (χ1n) is 6.70. The van der Waals surface area contributed by atoms with Gasteiger partial charge in [0.05, 0.1) is 13.7 Å². The van der Waals surface area contributed by atoms with Crippen molar-refractivity contribution in [3.05, 3.63) is 29.3 Å². The molecule has 0 spiro atoms. The summed E-state index contributed by atoms with van der Waals surface area (Å²) < 4.78 is 5.41. The van der Waals surface area contributed by atoms with Crippen LogP contribution in [0.2, 0.25) is 0 Å². The van der Waals surface area contributed by atoms with E-state index in [-0.39, 0.29) is 18.1 Å². The molecule has 1 fully saturated rings. The van der Waals surface area contributed by atoms with Gasteiger partial charge < -0.3 is 15.6 Å². The zero-order valence-corrected chi connectivity index (χ0v) is 11.3. The maximum atomic E-state index is 9.64. The van der Waals surface area contributed by atoms with Crippen molar-refractivity contribution in [2.45, 2.75) is 38.6 Å². The Morgan fingerprint density at radius 2 is 2.17 bits per heavy atom. The van der Waals surface area contributed by atoms with Crippen LogP contribution < -0.4 is 10.5 Å². The summed E-state index contributed by atoms with van der Waals surface area (Å²) in [5.74, 6) is 0.833. The molecule has 1 aromatic rings. The lowest BCUT2D eigenvalue weighted by atomic mass is 9.63. The van der Waals surface area contributed by atoms with Crippen molar-refractivity contribution in [3.8, 4) is 5.75 Å². The highest BCUT2D eigenvalue weighted by Crippen LogP contribution is 2.50. The molecule has 3 N–H and O–H groups in total. The molecule has 3 heteroatoms. The van der Waals surface area contributed by atoms with Crippen LogP contribution in [0.25, 0.3) is 0 Å². The van der Waals surface area contributed by atoms with Crippen molar-refractivity contribution in [1.82, 2.24) is 0 Å². The minimum Gasteiger partial charge on any atom is -0.496 e. The summed E-state index contributed by atoms with van der Waals surface area (Å²) >= 11 is 0. The molecular formula is C15H23NO2.